The molecule has 0 radical (unpaired) electrons. The van der Waals surface area contributed by atoms with Crippen molar-refractivity contribution in [1.29, 1.82) is 5.26 Å². The van der Waals surface area contributed by atoms with Crippen molar-refractivity contribution < 1.29 is 19.1 Å². The molecule has 1 heterocycles. The number of nitrogens with one attached hydrogen (secondary N) is 2. The summed E-state index contributed by atoms with van der Waals surface area (Å²) in [7, 11) is 0. The van der Waals surface area contributed by atoms with Crippen molar-refractivity contribution in [3.8, 4) is 6.07 Å². The van der Waals surface area contributed by atoms with Gasteiger partial charge in [0.25, 0.3) is 5.91 Å². The second-order valence-corrected chi connectivity index (χ2v) is 7.99. The highest BCUT2D eigenvalue weighted by atomic mass is 16.5. The van der Waals surface area contributed by atoms with Gasteiger partial charge in [-0.15, -0.1) is 0 Å². The second-order valence-electron chi connectivity index (χ2n) is 7.99. The quantitative estimate of drug-likeness (QED) is 0.377. The van der Waals surface area contributed by atoms with E-state index in [1.807, 2.05) is 30.3 Å². The van der Waals surface area contributed by atoms with Gasteiger partial charge >= 0.3 is 5.97 Å². The van der Waals surface area contributed by atoms with E-state index in [1.54, 1.807) is 6.07 Å². The van der Waals surface area contributed by atoms with Crippen LogP contribution in [0.2, 0.25) is 0 Å². The minimum absolute atomic E-state index is 0.233. The van der Waals surface area contributed by atoms with Crippen LogP contribution in [-0.2, 0) is 20.9 Å². The number of aryl methyl sites for hydroxylation is 1. The summed E-state index contributed by atoms with van der Waals surface area (Å²) in [4.78, 5) is 36.7. The lowest BCUT2D eigenvalue weighted by molar-refractivity contribution is -0.123. The molecule has 0 aliphatic rings. The van der Waals surface area contributed by atoms with Gasteiger partial charge in [0.1, 0.15) is 6.42 Å². The van der Waals surface area contributed by atoms with Crippen LogP contribution >= 0.6 is 0 Å². The van der Waals surface area contributed by atoms with Crippen LogP contribution in [0.5, 0.6) is 0 Å². The molecule has 4 rings (SSSR count). The van der Waals surface area contributed by atoms with Crippen molar-refractivity contribution in [2.24, 2.45) is 0 Å². The first-order chi connectivity index (χ1) is 16.9. The molecular weight excluding hydrogens is 444 g/mol. The van der Waals surface area contributed by atoms with E-state index in [1.165, 1.54) is 31.2 Å². The molecule has 4 aromatic rings. The maximum absolute atomic E-state index is 12.7. The third-order valence-corrected chi connectivity index (χ3v) is 5.65. The summed E-state index contributed by atoms with van der Waals surface area (Å²) < 4.78 is 7.55. The Balaban J connectivity index is 1.43. The topological polar surface area (TPSA) is 113 Å². The summed E-state index contributed by atoms with van der Waals surface area (Å²) in [5, 5.41) is 16.1. The summed E-state index contributed by atoms with van der Waals surface area (Å²) in [6.07, 6.45) is -1.28. The van der Waals surface area contributed by atoms with Gasteiger partial charge in [-0.3, -0.25) is 9.59 Å². The Morgan fingerprint density at radius 1 is 0.943 bits per heavy atom. The summed E-state index contributed by atoms with van der Waals surface area (Å²) in [5.41, 5.74) is 3.51. The zero-order chi connectivity index (χ0) is 24.9. The number of esters is 1. The maximum Gasteiger partial charge on any atom is 0.338 e. The van der Waals surface area contributed by atoms with Crippen LogP contribution in [0, 0.1) is 11.3 Å². The van der Waals surface area contributed by atoms with Crippen molar-refractivity contribution in [3.05, 3.63) is 72.3 Å². The fourth-order valence-electron chi connectivity index (χ4n) is 3.96. The Morgan fingerprint density at radius 2 is 1.63 bits per heavy atom. The summed E-state index contributed by atoms with van der Waals surface area (Å²) in [6.45, 7) is 4.43. The minimum Gasteiger partial charge on any atom is -0.449 e. The molecule has 1 aromatic heterocycles. The molecule has 2 amide bonds. The lowest BCUT2D eigenvalue weighted by atomic mass is 10.1. The fourth-order valence-corrected chi connectivity index (χ4v) is 3.96. The Labute approximate surface area is 202 Å². The standard InChI is InChI=1S/C27H24N4O4/c1-3-31-23-7-5-4-6-21(23)22-16-20(12-13-24(22)31)30-26(33)17(2)35-27(34)18-8-10-19(11-9-18)29-25(32)14-15-28/h4-13,16-17H,3,14H2,1-2H3,(H,29,32)(H,30,33). The number of benzene rings is 3. The highest BCUT2D eigenvalue weighted by Crippen LogP contribution is 2.31. The third-order valence-electron chi connectivity index (χ3n) is 5.65. The van der Waals surface area contributed by atoms with Crippen LogP contribution in [-0.4, -0.2) is 28.5 Å². The van der Waals surface area contributed by atoms with Crippen LogP contribution in [0.4, 0.5) is 11.4 Å². The number of fused-ring (bicyclic) bond motifs is 3. The molecule has 0 fully saturated rings. The molecule has 0 bridgehead atoms. The van der Waals surface area contributed by atoms with E-state index in [0.717, 1.165) is 28.4 Å². The Bertz CT molecular complexity index is 1460. The molecule has 1 unspecified atom stereocenters. The van der Waals surface area contributed by atoms with Gasteiger partial charge in [-0.1, -0.05) is 18.2 Å². The number of hydrogen-bond donors (Lipinski definition) is 2. The van der Waals surface area contributed by atoms with Crippen LogP contribution in [0.25, 0.3) is 21.8 Å². The van der Waals surface area contributed by atoms with E-state index in [2.05, 4.69) is 34.3 Å². The van der Waals surface area contributed by atoms with E-state index >= 15 is 0 Å². The van der Waals surface area contributed by atoms with Gasteiger partial charge in [-0.05, 0) is 62.4 Å². The SMILES string of the molecule is CCn1c2ccccc2c2cc(NC(=O)C(C)OC(=O)c3ccc(NC(=O)CC#N)cc3)ccc21. The monoisotopic (exact) mass is 468 g/mol. The number of hydrogen-bond acceptors (Lipinski definition) is 5. The number of amides is 2. The highest BCUT2D eigenvalue weighted by molar-refractivity contribution is 6.10. The molecule has 8 nitrogen and oxygen atoms in total. The zero-order valence-electron chi connectivity index (χ0n) is 19.4. The number of carbonyl (C=O) groups excluding carboxylic acids is 3. The van der Waals surface area contributed by atoms with Gasteiger partial charge in [0, 0.05) is 39.7 Å². The molecule has 35 heavy (non-hydrogen) atoms. The molecule has 8 heteroatoms. The molecule has 2 N–H and O–H groups in total. The van der Waals surface area contributed by atoms with Gasteiger partial charge in [0.05, 0.1) is 11.6 Å². The van der Waals surface area contributed by atoms with Crippen molar-refractivity contribution >= 4 is 51.0 Å². The van der Waals surface area contributed by atoms with Gasteiger partial charge in [0.2, 0.25) is 5.91 Å². The number of aromatic nitrogens is 1. The van der Waals surface area contributed by atoms with Gasteiger partial charge in [-0.2, -0.15) is 5.26 Å². The van der Waals surface area contributed by atoms with Crippen LogP contribution < -0.4 is 10.6 Å². The van der Waals surface area contributed by atoms with Crippen molar-refractivity contribution in [1.82, 2.24) is 4.57 Å². The number of para-hydroxylation sites is 1. The first-order valence-electron chi connectivity index (χ1n) is 11.2. The second kappa shape index (κ2) is 10.1. The first-order valence-corrected chi connectivity index (χ1v) is 11.2. The summed E-state index contributed by atoms with van der Waals surface area (Å²) in [5.74, 6) is -1.55. The molecule has 0 saturated carbocycles. The molecule has 1 atom stereocenters. The van der Waals surface area contributed by atoms with Crippen LogP contribution in [0.1, 0.15) is 30.6 Å². The predicted octanol–water partition coefficient (Wildman–Crippen LogP) is 4.85. The Hall–Kier alpha value is -4.64. The van der Waals surface area contributed by atoms with Crippen molar-refractivity contribution in [2.75, 3.05) is 10.6 Å². The molecule has 176 valence electrons. The van der Waals surface area contributed by atoms with Crippen molar-refractivity contribution in [2.45, 2.75) is 32.9 Å². The van der Waals surface area contributed by atoms with Crippen molar-refractivity contribution in [3.63, 3.8) is 0 Å². The average Bonchev–Trinajstić information content (AvgIpc) is 3.17. The van der Waals surface area contributed by atoms with Crippen LogP contribution in [0.15, 0.2) is 66.7 Å². The maximum atomic E-state index is 12.7. The van der Waals surface area contributed by atoms with Gasteiger partial charge in [0.15, 0.2) is 6.10 Å². The largest absolute Gasteiger partial charge is 0.449 e. The number of anilines is 2. The van der Waals surface area contributed by atoms with E-state index in [9.17, 15) is 14.4 Å². The Morgan fingerprint density at radius 3 is 2.34 bits per heavy atom. The smallest absolute Gasteiger partial charge is 0.338 e. The third kappa shape index (κ3) is 4.99. The number of rotatable bonds is 7. The number of nitrogens with zero attached hydrogens (tertiary/aromatic N) is 2. The minimum atomic E-state index is -1.02. The highest BCUT2D eigenvalue weighted by Gasteiger charge is 2.20. The molecule has 0 saturated heterocycles. The van der Waals surface area contributed by atoms with Crippen LogP contribution in [0.3, 0.4) is 0 Å². The fraction of sp³-hybridized carbons (Fsp3) is 0.185. The number of ether oxygens (including phenoxy) is 1. The molecular formula is C27H24N4O4. The van der Waals surface area contributed by atoms with Gasteiger partial charge in [-0.25, -0.2) is 4.79 Å². The normalized spacial score (nSPS) is 11.6. The molecule has 0 spiro atoms. The summed E-state index contributed by atoms with van der Waals surface area (Å²) >= 11 is 0. The zero-order valence-corrected chi connectivity index (χ0v) is 19.4. The van der Waals surface area contributed by atoms with E-state index in [0.29, 0.717) is 11.4 Å². The van der Waals surface area contributed by atoms with Gasteiger partial charge < -0.3 is 19.9 Å². The lowest BCUT2D eigenvalue weighted by Crippen LogP contribution is -2.30. The summed E-state index contributed by atoms with van der Waals surface area (Å²) in [6, 6.07) is 21.6. The number of nitriles is 1. The van der Waals surface area contributed by atoms with E-state index in [4.69, 9.17) is 10.00 Å². The lowest BCUT2D eigenvalue weighted by Gasteiger charge is -2.14. The van der Waals surface area contributed by atoms with E-state index < -0.39 is 23.9 Å². The molecule has 0 aliphatic heterocycles. The first kappa shape index (κ1) is 23.5. The predicted molar refractivity (Wildman–Crippen MR) is 134 cm³/mol. The van der Waals surface area contributed by atoms with E-state index in [-0.39, 0.29) is 12.0 Å². The molecule has 0 aliphatic carbocycles. The molecule has 3 aromatic carbocycles. The average molecular weight is 469 g/mol. The Kier molecular flexibility index (Phi) is 6.78. The number of carbonyl (C=O) groups is 3.